The summed E-state index contributed by atoms with van der Waals surface area (Å²) in [6.07, 6.45) is 5.58. The first-order valence-electron chi connectivity index (χ1n) is 12.4. The molecule has 1 aromatic carbocycles. The molecule has 0 aliphatic rings. The Bertz CT molecular complexity index is 1380. The van der Waals surface area contributed by atoms with E-state index in [1.807, 2.05) is 12.1 Å². The van der Waals surface area contributed by atoms with Crippen molar-refractivity contribution >= 4 is 5.82 Å². The summed E-state index contributed by atoms with van der Waals surface area (Å²) in [5.41, 5.74) is 8.17. The molecule has 3 aromatic heterocycles. The SMILES string of the molecule is CCCc1cc(-c2c(F)cccc2F)nnc1[C@@](C)(CC(C)(C)C)c1ccnc(-c2ccc(N)nc2)n1. The van der Waals surface area contributed by atoms with Gasteiger partial charge in [0.25, 0.3) is 0 Å². The normalized spacial score (nSPS) is 13.4. The Balaban J connectivity index is 1.90. The Morgan fingerprint density at radius 1 is 0.919 bits per heavy atom. The van der Waals surface area contributed by atoms with Crippen molar-refractivity contribution in [1.82, 2.24) is 25.1 Å². The lowest BCUT2D eigenvalue weighted by Crippen LogP contribution is -2.33. The average molecular weight is 503 g/mol. The topological polar surface area (TPSA) is 90.5 Å². The number of halogens is 2. The molecule has 4 aromatic rings. The zero-order chi connectivity index (χ0) is 26.8. The zero-order valence-corrected chi connectivity index (χ0v) is 21.9. The fraction of sp³-hybridized carbons (Fsp3) is 0.345. The molecule has 0 amide bonds. The van der Waals surface area contributed by atoms with Crippen LogP contribution in [0.4, 0.5) is 14.6 Å². The van der Waals surface area contributed by atoms with Crippen molar-refractivity contribution in [2.45, 2.75) is 59.3 Å². The third kappa shape index (κ3) is 5.63. The van der Waals surface area contributed by atoms with E-state index in [1.165, 1.54) is 18.2 Å². The minimum absolute atomic E-state index is 0.0932. The molecule has 6 nitrogen and oxygen atoms in total. The summed E-state index contributed by atoms with van der Waals surface area (Å²) >= 11 is 0. The van der Waals surface area contributed by atoms with Gasteiger partial charge in [0, 0.05) is 18.0 Å². The molecular formula is C29H32F2N6. The number of nitrogens with two attached hydrogens (primary N) is 1. The second-order valence-corrected chi connectivity index (χ2v) is 10.8. The first-order valence-corrected chi connectivity index (χ1v) is 12.4. The highest BCUT2D eigenvalue weighted by Crippen LogP contribution is 2.42. The standard InChI is InChI=1S/C29H32F2N6/c1-6-8-18-15-22(25-20(30)9-7-10-21(25)31)36-37-26(18)29(5,17-28(2,3)4)23-13-14-33-27(35-23)19-11-12-24(32)34-16-19/h7,9-16H,6,8,17H2,1-5H3,(H2,32,34)/t29-/m0/s1. The molecule has 0 saturated heterocycles. The summed E-state index contributed by atoms with van der Waals surface area (Å²) in [7, 11) is 0. The molecule has 37 heavy (non-hydrogen) atoms. The fourth-order valence-corrected chi connectivity index (χ4v) is 4.92. The number of nitrogen functional groups attached to an aromatic ring is 1. The van der Waals surface area contributed by atoms with Crippen molar-refractivity contribution in [2.24, 2.45) is 5.41 Å². The maximum atomic E-state index is 14.6. The highest BCUT2D eigenvalue weighted by atomic mass is 19.1. The van der Waals surface area contributed by atoms with Gasteiger partial charge in [0.05, 0.1) is 28.1 Å². The first-order chi connectivity index (χ1) is 17.5. The summed E-state index contributed by atoms with van der Waals surface area (Å²) < 4.78 is 29.1. The van der Waals surface area contributed by atoms with E-state index in [1.54, 1.807) is 24.5 Å². The lowest BCUT2D eigenvalue weighted by atomic mass is 9.69. The number of hydrogen-bond donors (Lipinski definition) is 1. The Morgan fingerprint density at radius 2 is 1.65 bits per heavy atom. The summed E-state index contributed by atoms with van der Waals surface area (Å²) in [5, 5.41) is 8.96. The van der Waals surface area contributed by atoms with Crippen LogP contribution < -0.4 is 5.73 Å². The van der Waals surface area contributed by atoms with Crippen LogP contribution in [-0.2, 0) is 11.8 Å². The van der Waals surface area contributed by atoms with Crippen LogP contribution in [0.1, 0.15) is 64.4 Å². The molecule has 192 valence electrons. The molecule has 0 aliphatic carbocycles. The molecule has 0 spiro atoms. The smallest absolute Gasteiger partial charge is 0.160 e. The van der Waals surface area contributed by atoms with Gasteiger partial charge in [0.1, 0.15) is 17.5 Å². The molecule has 0 bridgehead atoms. The predicted octanol–water partition coefficient (Wildman–Crippen LogP) is 6.55. The van der Waals surface area contributed by atoms with Crippen LogP contribution in [-0.4, -0.2) is 25.1 Å². The lowest BCUT2D eigenvalue weighted by Gasteiger charge is -2.36. The van der Waals surface area contributed by atoms with E-state index in [-0.39, 0.29) is 16.7 Å². The number of pyridine rings is 1. The van der Waals surface area contributed by atoms with Crippen molar-refractivity contribution in [3.63, 3.8) is 0 Å². The van der Waals surface area contributed by atoms with Crippen LogP contribution in [0.3, 0.4) is 0 Å². The summed E-state index contributed by atoms with van der Waals surface area (Å²) in [6, 6.07) is 11.0. The van der Waals surface area contributed by atoms with Crippen molar-refractivity contribution in [2.75, 3.05) is 5.73 Å². The summed E-state index contributed by atoms with van der Waals surface area (Å²) in [6.45, 7) is 10.6. The molecule has 2 N–H and O–H groups in total. The second-order valence-electron chi connectivity index (χ2n) is 10.8. The van der Waals surface area contributed by atoms with Gasteiger partial charge in [-0.1, -0.05) is 40.2 Å². The van der Waals surface area contributed by atoms with Gasteiger partial charge in [0.2, 0.25) is 0 Å². The maximum absolute atomic E-state index is 14.6. The molecule has 0 aliphatic heterocycles. The number of rotatable bonds is 7. The van der Waals surface area contributed by atoms with Crippen LogP contribution in [0.15, 0.2) is 54.9 Å². The predicted molar refractivity (Wildman–Crippen MR) is 142 cm³/mol. The van der Waals surface area contributed by atoms with E-state index in [0.29, 0.717) is 24.5 Å². The summed E-state index contributed by atoms with van der Waals surface area (Å²) in [5.74, 6) is -0.387. The maximum Gasteiger partial charge on any atom is 0.160 e. The summed E-state index contributed by atoms with van der Waals surface area (Å²) in [4.78, 5) is 13.6. The number of aryl methyl sites for hydroxylation is 1. The fourth-order valence-electron chi connectivity index (χ4n) is 4.92. The monoisotopic (exact) mass is 502 g/mol. The molecule has 0 unspecified atom stereocenters. The van der Waals surface area contributed by atoms with Gasteiger partial charge in [0.15, 0.2) is 5.82 Å². The van der Waals surface area contributed by atoms with E-state index in [9.17, 15) is 8.78 Å². The number of nitrogens with zero attached hydrogens (tertiary/aromatic N) is 5. The van der Waals surface area contributed by atoms with Crippen molar-refractivity contribution in [3.8, 4) is 22.6 Å². The Hall–Kier alpha value is -3.81. The molecule has 8 heteroatoms. The molecule has 1 atom stereocenters. The van der Waals surface area contributed by atoms with Gasteiger partial charge in [-0.2, -0.15) is 5.10 Å². The second kappa shape index (κ2) is 10.3. The quantitative estimate of drug-likeness (QED) is 0.308. The minimum Gasteiger partial charge on any atom is -0.384 e. The molecule has 0 radical (unpaired) electrons. The number of hydrogen-bond acceptors (Lipinski definition) is 6. The highest BCUT2D eigenvalue weighted by Gasteiger charge is 2.39. The molecule has 0 fully saturated rings. The highest BCUT2D eigenvalue weighted by molar-refractivity contribution is 5.62. The Morgan fingerprint density at radius 3 is 2.27 bits per heavy atom. The van der Waals surface area contributed by atoms with E-state index >= 15 is 0 Å². The van der Waals surface area contributed by atoms with E-state index < -0.39 is 17.0 Å². The van der Waals surface area contributed by atoms with E-state index in [2.05, 4.69) is 54.8 Å². The van der Waals surface area contributed by atoms with Gasteiger partial charge >= 0.3 is 0 Å². The number of benzene rings is 1. The van der Waals surface area contributed by atoms with Crippen molar-refractivity contribution < 1.29 is 8.78 Å². The van der Waals surface area contributed by atoms with Crippen molar-refractivity contribution in [3.05, 3.63) is 83.4 Å². The lowest BCUT2D eigenvalue weighted by molar-refractivity contribution is 0.289. The van der Waals surface area contributed by atoms with Gasteiger partial charge < -0.3 is 5.73 Å². The van der Waals surface area contributed by atoms with Gasteiger partial charge in [-0.25, -0.2) is 23.7 Å². The average Bonchev–Trinajstić information content (AvgIpc) is 2.84. The van der Waals surface area contributed by atoms with E-state index in [4.69, 9.17) is 10.7 Å². The van der Waals surface area contributed by atoms with Crippen LogP contribution in [0.5, 0.6) is 0 Å². The molecule has 0 saturated carbocycles. The molecule has 4 rings (SSSR count). The van der Waals surface area contributed by atoms with Gasteiger partial charge in [-0.05, 0) is 67.1 Å². The molecular weight excluding hydrogens is 470 g/mol. The number of aromatic nitrogens is 5. The van der Waals surface area contributed by atoms with Crippen LogP contribution >= 0.6 is 0 Å². The number of anilines is 1. The van der Waals surface area contributed by atoms with Crippen LogP contribution in [0, 0.1) is 17.0 Å². The Labute approximate surface area is 216 Å². The molecule has 3 heterocycles. The van der Waals surface area contributed by atoms with Crippen LogP contribution in [0.2, 0.25) is 0 Å². The Kier molecular flexibility index (Phi) is 7.30. The third-order valence-corrected chi connectivity index (χ3v) is 6.28. The largest absolute Gasteiger partial charge is 0.384 e. The van der Waals surface area contributed by atoms with Crippen LogP contribution in [0.25, 0.3) is 22.6 Å². The van der Waals surface area contributed by atoms with Gasteiger partial charge in [-0.15, -0.1) is 5.10 Å². The van der Waals surface area contributed by atoms with Gasteiger partial charge in [-0.3, -0.25) is 0 Å². The van der Waals surface area contributed by atoms with E-state index in [0.717, 1.165) is 28.9 Å². The third-order valence-electron chi connectivity index (χ3n) is 6.28. The zero-order valence-electron chi connectivity index (χ0n) is 21.9. The minimum atomic E-state index is -0.667. The first kappa shape index (κ1) is 26.3. The van der Waals surface area contributed by atoms with Crippen molar-refractivity contribution in [1.29, 1.82) is 0 Å².